The van der Waals surface area contributed by atoms with Crippen molar-refractivity contribution in [3.8, 4) is 17.3 Å². The third-order valence-corrected chi connectivity index (χ3v) is 5.01. The van der Waals surface area contributed by atoms with Gasteiger partial charge in [-0.3, -0.25) is 9.69 Å². The van der Waals surface area contributed by atoms with Gasteiger partial charge in [0.15, 0.2) is 0 Å². The van der Waals surface area contributed by atoms with Crippen LogP contribution in [-0.2, 0) is 22.1 Å². The molecule has 0 spiro atoms. The molecule has 2 heterocycles. The van der Waals surface area contributed by atoms with Crippen LogP contribution in [0.4, 0.5) is 10.1 Å². The number of carbonyl (C=O) groups is 2. The highest BCUT2D eigenvalue weighted by Crippen LogP contribution is 2.46. The second kappa shape index (κ2) is 5.70. The normalized spacial score (nSPS) is 16.3. The van der Waals surface area contributed by atoms with Crippen LogP contribution in [0.25, 0.3) is 11.3 Å². The number of fused-ring (bicyclic) bond motifs is 1. The van der Waals surface area contributed by atoms with Gasteiger partial charge in [-0.25, -0.2) is 9.18 Å². The number of anilines is 1. The highest BCUT2D eigenvalue weighted by Gasteiger charge is 2.48. The largest absolute Gasteiger partial charge is 0.480 e. The van der Waals surface area contributed by atoms with E-state index in [1.807, 2.05) is 0 Å². The minimum Gasteiger partial charge on any atom is -0.480 e. The van der Waals surface area contributed by atoms with Crippen LogP contribution in [0.1, 0.15) is 32.0 Å². The maximum absolute atomic E-state index is 15.0. The molecule has 0 saturated carbocycles. The number of amides is 1. The Hall–Kier alpha value is -3.14. The number of carbonyl (C=O) groups excluding carboxylic acids is 1. The van der Waals surface area contributed by atoms with Crippen molar-refractivity contribution in [3.63, 3.8) is 0 Å². The summed E-state index contributed by atoms with van der Waals surface area (Å²) in [4.78, 5) is 25.2. The third-order valence-electron chi connectivity index (χ3n) is 5.01. The lowest BCUT2D eigenvalue weighted by atomic mass is 9.85. The van der Waals surface area contributed by atoms with Crippen molar-refractivity contribution in [3.05, 3.63) is 41.3 Å². The fourth-order valence-corrected chi connectivity index (χ4v) is 3.38. The molecule has 1 aliphatic heterocycles. The highest BCUT2D eigenvalue weighted by atomic mass is 19.1. The van der Waals surface area contributed by atoms with E-state index >= 15 is 0 Å². The summed E-state index contributed by atoms with van der Waals surface area (Å²) in [6.07, 6.45) is 0. The Labute approximate surface area is 150 Å². The Morgan fingerprint density at radius 3 is 2.54 bits per heavy atom. The van der Waals surface area contributed by atoms with E-state index in [0.717, 1.165) is 4.90 Å². The molecule has 2 aromatic rings. The van der Waals surface area contributed by atoms with E-state index in [0.29, 0.717) is 22.5 Å². The van der Waals surface area contributed by atoms with E-state index in [2.05, 4.69) is 6.07 Å². The Kier molecular flexibility index (Phi) is 3.87. The molecular formula is C19H18FN3O3. The summed E-state index contributed by atoms with van der Waals surface area (Å²) in [5.74, 6) is -2.32. The van der Waals surface area contributed by atoms with Gasteiger partial charge < -0.3 is 9.67 Å². The number of nitriles is 1. The van der Waals surface area contributed by atoms with Crippen LogP contribution >= 0.6 is 0 Å². The maximum atomic E-state index is 15.0. The van der Waals surface area contributed by atoms with Gasteiger partial charge in [0.05, 0.1) is 11.1 Å². The molecule has 1 atom stereocenters. The lowest BCUT2D eigenvalue weighted by molar-refractivity contribution is -0.140. The van der Waals surface area contributed by atoms with Crippen molar-refractivity contribution in [2.24, 2.45) is 7.05 Å². The number of carboxylic acids is 1. The molecule has 6 nitrogen and oxygen atoms in total. The average molecular weight is 355 g/mol. The Bertz CT molecular complexity index is 985. The molecule has 0 fully saturated rings. The predicted octanol–water partition coefficient (Wildman–Crippen LogP) is 2.80. The van der Waals surface area contributed by atoms with Crippen molar-refractivity contribution in [1.82, 2.24) is 4.57 Å². The molecule has 1 aromatic carbocycles. The molecule has 0 radical (unpaired) electrons. The molecule has 3 rings (SSSR count). The van der Waals surface area contributed by atoms with Gasteiger partial charge in [-0.15, -0.1) is 0 Å². The van der Waals surface area contributed by atoms with E-state index in [4.69, 9.17) is 5.26 Å². The van der Waals surface area contributed by atoms with Crippen LogP contribution in [0.3, 0.4) is 0 Å². The lowest BCUT2D eigenvalue weighted by Crippen LogP contribution is -2.45. The first-order valence-corrected chi connectivity index (χ1v) is 8.08. The minimum atomic E-state index is -1.20. The van der Waals surface area contributed by atoms with Crippen molar-refractivity contribution < 1.29 is 19.1 Å². The topological polar surface area (TPSA) is 86.3 Å². The molecule has 7 heteroatoms. The van der Waals surface area contributed by atoms with Gasteiger partial charge in [-0.2, -0.15) is 5.26 Å². The van der Waals surface area contributed by atoms with Gasteiger partial charge in [0.1, 0.15) is 23.6 Å². The van der Waals surface area contributed by atoms with E-state index in [9.17, 15) is 19.1 Å². The molecule has 26 heavy (non-hydrogen) atoms. The van der Waals surface area contributed by atoms with Crippen LogP contribution in [-0.4, -0.2) is 27.6 Å². The highest BCUT2D eigenvalue weighted by molar-refractivity contribution is 6.11. The number of rotatable bonds is 3. The van der Waals surface area contributed by atoms with Crippen molar-refractivity contribution in [2.45, 2.75) is 32.2 Å². The zero-order valence-corrected chi connectivity index (χ0v) is 14.9. The Balaban J connectivity index is 2.24. The van der Waals surface area contributed by atoms with Crippen LogP contribution in [0.5, 0.6) is 0 Å². The van der Waals surface area contributed by atoms with Crippen LogP contribution in [0, 0.1) is 17.1 Å². The molecule has 0 bridgehead atoms. The van der Waals surface area contributed by atoms with E-state index in [-0.39, 0.29) is 5.69 Å². The zero-order chi connectivity index (χ0) is 19.4. The first-order valence-electron chi connectivity index (χ1n) is 8.08. The number of nitrogens with zero attached hydrogens (tertiary/aromatic N) is 3. The number of hydrogen-bond donors (Lipinski definition) is 1. The number of aromatic nitrogens is 1. The standard InChI is InChI=1S/C19H18FN3O3/c1-10(17(24)25)23-16-13(19(2,3)18(23)26)7-11(8-14(16)20)15-6-5-12(9-21)22(15)4/h5-8,10H,1-4H3,(H,24,25). The molecule has 1 amide bonds. The quantitative estimate of drug-likeness (QED) is 0.917. The molecule has 0 saturated heterocycles. The minimum absolute atomic E-state index is 0.00775. The van der Waals surface area contributed by atoms with Crippen LogP contribution in [0.2, 0.25) is 0 Å². The van der Waals surface area contributed by atoms with Crippen LogP contribution in [0.15, 0.2) is 24.3 Å². The number of aliphatic carboxylic acids is 1. The predicted molar refractivity (Wildman–Crippen MR) is 93.1 cm³/mol. The summed E-state index contributed by atoms with van der Waals surface area (Å²) < 4.78 is 16.6. The number of benzene rings is 1. The molecule has 1 unspecified atom stereocenters. The molecular weight excluding hydrogens is 337 g/mol. The Morgan fingerprint density at radius 2 is 2.00 bits per heavy atom. The second-order valence-electron chi connectivity index (χ2n) is 6.94. The monoisotopic (exact) mass is 355 g/mol. The van der Waals surface area contributed by atoms with Gasteiger partial charge in [0.25, 0.3) is 0 Å². The van der Waals surface area contributed by atoms with Gasteiger partial charge in [0.2, 0.25) is 5.91 Å². The smallest absolute Gasteiger partial charge is 0.326 e. The van der Waals surface area contributed by atoms with E-state index < -0.39 is 29.2 Å². The average Bonchev–Trinajstić information content (AvgIpc) is 3.04. The van der Waals surface area contributed by atoms with Crippen molar-refractivity contribution in [2.75, 3.05) is 4.90 Å². The number of halogens is 1. The van der Waals surface area contributed by atoms with Crippen LogP contribution < -0.4 is 4.90 Å². The number of carboxylic acid groups (broad SMARTS) is 1. The summed E-state index contributed by atoms with van der Waals surface area (Å²) in [5.41, 5.74) is 0.974. The molecule has 1 aromatic heterocycles. The second-order valence-corrected chi connectivity index (χ2v) is 6.94. The summed E-state index contributed by atoms with van der Waals surface area (Å²) >= 11 is 0. The molecule has 1 N–H and O–H groups in total. The summed E-state index contributed by atoms with van der Waals surface area (Å²) in [6.45, 7) is 4.66. The zero-order valence-electron chi connectivity index (χ0n) is 14.9. The SMILES string of the molecule is CC(C(=O)O)N1C(=O)C(C)(C)c2cc(-c3ccc(C#N)n3C)cc(F)c21. The molecule has 1 aliphatic rings. The van der Waals surface area contributed by atoms with Crippen molar-refractivity contribution >= 4 is 17.6 Å². The van der Waals surface area contributed by atoms with Gasteiger partial charge >= 0.3 is 5.97 Å². The van der Waals surface area contributed by atoms with E-state index in [1.165, 1.54) is 13.0 Å². The Morgan fingerprint density at radius 1 is 1.35 bits per heavy atom. The fourth-order valence-electron chi connectivity index (χ4n) is 3.38. The molecule has 134 valence electrons. The molecule has 0 aliphatic carbocycles. The van der Waals surface area contributed by atoms with Gasteiger partial charge in [0, 0.05) is 18.3 Å². The van der Waals surface area contributed by atoms with Gasteiger partial charge in [-0.05, 0) is 50.6 Å². The fraction of sp³-hybridized carbons (Fsp3) is 0.316. The summed E-state index contributed by atoms with van der Waals surface area (Å²) in [7, 11) is 1.70. The van der Waals surface area contributed by atoms with E-state index in [1.54, 1.807) is 43.7 Å². The first-order chi connectivity index (χ1) is 12.1. The summed E-state index contributed by atoms with van der Waals surface area (Å²) in [6, 6.07) is 7.18. The number of hydrogen-bond acceptors (Lipinski definition) is 3. The van der Waals surface area contributed by atoms with Crippen molar-refractivity contribution in [1.29, 1.82) is 5.26 Å². The van der Waals surface area contributed by atoms with Gasteiger partial charge in [-0.1, -0.05) is 0 Å². The third kappa shape index (κ3) is 2.30. The lowest BCUT2D eigenvalue weighted by Gasteiger charge is -2.24. The maximum Gasteiger partial charge on any atom is 0.326 e. The summed E-state index contributed by atoms with van der Waals surface area (Å²) in [5, 5.41) is 18.4. The first kappa shape index (κ1) is 17.7.